The standard InChI is InChI=1S/C12H16N4S/c1-16(2)8-9-17-12-13-11(14-15-12)10-6-4-3-5-7-10/h3-7H,8-9H2,1-2H3,(H,13,14,15). The van der Waals surface area contributed by atoms with E-state index in [-0.39, 0.29) is 0 Å². The van der Waals surface area contributed by atoms with E-state index in [1.54, 1.807) is 11.8 Å². The molecule has 1 heterocycles. The quantitative estimate of drug-likeness (QED) is 0.823. The number of rotatable bonds is 5. The summed E-state index contributed by atoms with van der Waals surface area (Å²) in [6.07, 6.45) is 0. The molecule has 2 rings (SSSR count). The summed E-state index contributed by atoms with van der Waals surface area (Å²) >= 11 is 1.67. The number of hydrogen-bond acceptors (Lipinski definition) is 4. The number of thioether (sulfide) groups is 1. The molecule has 0 radical (unpaired) electrons. The molecular formula is C12H16N4S. The van der Waals surface area contributed by atoms with Crippen molar-refractivity contribution in [3.63, 3.8) is 0 Å². The molecule has 4 nitrogen and oxygen atoms in total. The molecule has 0 spiro atoms. The predicted octanol–water partition coefficient (Wildman–Crippen LogP) is 2.13. The first-order valence-electron chi connectivity index (χ1n) is 5.51. The second kappa shape index (κ2) is 5.84. The molecule has 0 atom stereocenters. The van der Waals surface area contributed by atoms with Gasteiger partial charge in [-0.2, -0.15) is 0 Å². The third kappa shape index (κ3) is 3.57. The van der Waals surface area contributed by atoms with Gasteiger partial charge >= 0.3 is 0 Å². The number of H-pyrrole nitrogens is 1. The predicted molar refractivity (Wildman–Crippen MR) is 71.1 cm³/mol. The van der Waals surface area contributed by atoms with Gasteiger partial charge in [0.1, 0.15) is 0 Å². The van der Waals surface area contributed by atoms with E-state index in [1.807, 2.05) is 30.3 Å². The van der Waals surface area contributed by atoms with Crippen LogP contribution < -0.4 is 0 Å². The fraction of sp³-hybridized carbons (Fsp3) is 0.333. The zero-order valence-electron chi connectivity index (χ0n) is 10.1. The van der Waals surface area contributed by atoms with Crippen LogP contribution in [-0.2, 0) is 0 Å². The highest BCUT2D eigenvalue weighted by Crippen LogP contribution is 2.18. The first-order valence-corrected chi connectivity index (χ1v) is 6.49. The molecule has 1 N–H and O–H groups in total. The van der Waals surface area contributed by atoms with Crippen molar-refractivity contribution in [2.24, 2.45) is 0 Å². The Hall–Kier alpha value is -1.33. The summed E-state index contributed by atoms with van der Waals surface area (Å²) in [4.78, 5) is 6.61. The van der Waals surface area contributed by atoms with Crippen LogP contribution in [0.2, 0.25) is 0 Å². The number of nitrogens with one attached hydrogen (secondary N) is 1. The summed E-state index contributed by atoms with van der Waals surface area (Å²) in [6, 6.07) is 10.0. The van der Waals surface area contributed by atoms with Gasteiger partial charge in [0.2, 0.25) is 5.16 Å². The van der Waals surface area contributed by atoms with Crippen LogP contribution in [0.5, 0.6) is 0 Å². The third-order valence-corrected chi connectivity index (χ3v) is 3.11. The van der Waals surface area contributed by atoms with Crippen molar-refractivity contribution in [2.45, 2.75) is 5.16 Å². The molecule has 17 heavy (non-hydrogen) atoms. The Balaban J connectivity index is 1.97. The second-order valence-corrected chi connectivity index (χ2v) is 5.05. The molecule has 0 saturated carbocycles. The van der Waals surface area contributed by atoms with Gasteiger partial charge in [0.15, 0.2) is 5.82 Å². The van der Waals surface area contributed by atoms with Crippen molar-refractivity contribution in [2.75, 3.05) is 26.4 Å². The number of hydrogen-bond donors (Lipinski definition) is 1. The summed E-state index contributed by atoms with van der Waals surface area (Å²) in [7, 11) is 4.13. The van der Waals surface area contributed by atoms with Crippen LogP contribution in [0.15, 0.2) is 35.5 Å². The zero-order valence-corrected chi connectivity index (χ0v) is 10.9. The number of benzene rings is 1. The Morgan fingerprint density at radius 1 is 1.24 bits per heavy atom. The highest BCUT2D eigenvalue weighted by molar-refractivity contribution is 7.99. The Morgan fingerprint density at radius 2 is 2.00 bits per heavy atom. The lowest BCUT2D eigenvalue weighted by Gasteiger charge is -2.06. The molecule has 0 unspecified atom stereocenters. The van der Waals surface area contributed by atoms with E-state index >= 15 is 0 Å². The van der Waals surface area contributed by atoms with Gasteiger partial charge in [0.25, 0.3) is 0 Å². The highest BCUT2D eigenvalue weighted by atomic mass is 32.2. The molecule has 0 bridgehead atoms. The third-order valence-electron chi connectivity index (χ3n) is 2.28. The molecule has 0 saturated heterocycles. The Labute approximate surface area is 105 Å². The van der Waals surface area contributed by atoms with Crippen LogP contribution in [0.25, 0.3) is 11.4 Å². The molecule has 0 fully saturated rings. The zero-order chi connectivity index (χ0) is 12.1. The topological polar surface area (TPSA) is 44.8 Å². The summed E-state index contributed by atoms with van der Waals surface area (Å²) in [5.74, 6) is 1.83. The van der Waals surface area contributed by atoms with Crippen LogP contribution in [-0.4, -0.2) is 46.5 Å². The largest absolute Gasteiger partial charge is 0.309 e. The van der Waals surface area contributed by atoms with Crippen LogP contribution in [0.1, 0.15) is 0 Å². The highest BCUT2D eigenvalue weighted by Gasteiger charge is 2.05. The Morgan fingerprint density at radius 3 is 2.71 bits per heavy atom. The second-order valence-electron chi connectivity index (χ2n) is 3.98. The van der Waals surface area contributed by atoms with E-state index in [1.165, 1.54) is 0 Å². The van der Waals surface area contributed by atoms with Crippen LogP contribution in [0, 0.1) is 0 Å². The van der Waals surface area contributed by atoms with Crippen molar-refractivity contribution in [3.05, 3.63) is 30.3 Å². The minimum atomic E-state index is 0.811. The Bertz CT molecular complexity index is 453. The molecule has 0 aliphatic heterocycles. The Kier molecular flexibility index (Phi) is 4.17. The van der Waals surface area contributed by atoms with Crippen LogP contribution >= 0.6 is 11.8 Å². The van der Waals surface area contributed by atoms with Crippen molar-refractivity contribution < 1.29 is 0 Å². The minimum absolute atomic E-state index is 0.811. The normalized spacial score (nSPS) is 11.0. The van der Waals surface area contributed by atoms with Gasteiger partial charge in [-0.3, -0.25) is 5.10 Å². The number of aromatic amines is 1. The molecule has 2 aromatic rings. The maximum absolute atomic E-state index is 4.46. The monoisotopic (exact) mass is 248 g/mol. The van der Waals surface area contributed by atoms with Gasteiger partial charge in [-0.15, -0.1) is 5.10 Å². The fourth-order valence-electron chi connectivity index (χ4n) is 1.36. The maximum atomic E-state index is 4.46. The minimum Gasteiger partial charge on any atom is -0.309 e. The van der Waals surface area contributed by atoms with Crippen LogP contribution in [0.3, 0.4) is 0 Å². The summed E-state index contributed by atoms with van der Waals surface area (Å²) in [5, 5.41) is 7.97. The van der Waals surface area contributed by atoms with Gasteiger partial charge in [-0.25, -0.2) is 4.98 Å². The molecule has 0 aliphatic rings. The van der Waals surface area contributed by atoms with Gasteiger partial charge in [-0.05, 0) is 14.1 Å². The van der Waals surface area contributed by atoms with E-state index in [4.69, 9.17) is 0 Å². The molecule has 5 heteroatoms. The van der Waals surface area contributed by atoms with Crippen LogP contribution in [0.4, 0.5) is 0 Å². The van der Waals surface area contributed by atoms with Gasteiger partial charge in [-0.1, -0.05) is 42.1 Å². The molecule has 1 aromatic heterocycles. The van der Waals surface area contributed by atoms with Gasteiger partial charge in [0.05, 0.1) is 0 Å². The SMILES string of the molecule is CN(C)CCSc1n[nH]c(-c2ccccc2)n1. The molecule has 0 amide bonds. The lowest BCUT2D eigenvalue weighted by Crippen LogP contribution is -2.14. The molecular weight excluding hydrogens is 232 g/mol. The first kappa shape index (κ1) is 12.1. The van der Waals surface area contributed by atoms with E-state index in [0.717, 1.165) is 28.8 Å². The lowest BCUT2D eigenvalue weighted by molar-refractivity contribution is 0.437. The molecule has 1 aromatic carbocycles. The van der Waals surface area contributed by atoms with Gasteiger partial charge < -0.3 is 4.90 Å². The smallest absolute Gasteiger partial charge is 0.208 e. The maximum Gasteiger partial charge on any atom is 0.208 e. The summed E-state index contributed by atoms with van der Waals surface area (Å²) in [5.41, 5.74) is 1.07. The fourth-order valence-corrected chi connectivity index (χ4v) is 2.26. The average Bonchev–Trinajstić information content (AvgIpc) is 2.78. The van der Waals surface area contributed by atoms with Crippen molar-refractivity contribution in [1.82, 2.24) is 20.1 Å². The lowest BCUT2D eigenvalue weighted by atomic mass is 10.2. The number of nitrogens with zero attached hydrogens (tertiary/aromatic N) is 3. The number of aromatic nitrogens is 3. The van der Waals surface area contributed by atoms with Gasteiger partial charge in [0, 0.05) is 17.9 Å². The van der Waals surface area contributed by atoms with E-state index in [0.29, 0.717) is 0 Å². The van der Waals surface area contributed by atoms with Crippen molar-refractivity contribution in [3.8, 4) is 11.4 Å². The van der Waals surface area contributed by atoms with E-state index in [9.17, 15) is 0 Å². The molecule has 90 valence electrons. The van der Waals surface area contributed by atoms with E-state index in [2.05, 4.69) is 34.2 Å². The summed E-state index contributed by atoms with van der Waals surface area (Å²) < 4.78 is 0. The van der Waals surface area contributed by atoms with E-state index < -0.39 is 0 Å². The average molecular weight is 248 g/mol. The first-order chi connectivity index (χ1) is 8.25. The van der Waals surface area contributed by atoms with Crippen molar-refractivity contribution >= 4 is 11.8 Å². The molecule has 0 aliphatic carbocycles. The van der Waals surface area contributed by atoms with Crippen molar-refractivity contribution in [1.29, 1.82) is 0 Å². The summed E-state index contributed by atoms with van der Waals surface area (Å²) in [6.45, 7) is 1.03.